The van der Waals surface area contributed by atoms with Crippen molar-refractivity contribution in [1.29, 1.82) is 0 Å². The topological polar surface area (TPSA) is 29.3 Å². The summed E-state index contributed by atoms with van der Waals surface area (Å²) in [4.78, 5) is 2.40. The second kappa shape index (κ2) is 6.86. The number of benzene rings is 1. The Kier molecular flexibility index (Phi) is 5.76. The predicted molar refractivity (Wildman–Crippen MR) is 74.7 cm³/mol. The zero-order valence-corrected chi connectivity index (χ0v) is 11.9. The normalized spacial score (nSPS) is 11.8. The molecule has 0 saturated carbocycles. The Morgan fingerprint density at radius 2 is 1.83 bits per heavy atom. The zero-order valence-electron chi connectivity index (χ0n) is 11.9. The summed E-state index contributed by atoms with van der Waals surface area (Å²) in [6, 6.07) is 5.39. The van der Waals surface area contributed by atoms with Crippen LogP contribution in [0.3, 0.4) is 0 Å². The van der Waals surface area contributed by atoms with Crippen LogP contribution >= 0.6 is 0 Å². The molecule has 0 unspecified atom stereocenters. The molecule has 1 rings (SSSR count). The van der Waals surface area contributed by atoms with Crippen molar-refractivity contribution in [1.82, 2.24) is 4.90 Å². The predicted octanol–water partition coefficient (Wildman–Crippen LogP) is 3.15. The lowest BCUT2D eigenvalue weighted by Gasteiger charge is -2.29. The summed E-state index contributed by atoms with van der Waals surface area (Å²) >= 11 is 0. The molecule has 0 aliphatic heterocycles. The molecule has 0 fully saturated rings. The van der Waals surface area contributed by atoms with E-state index in [1.54, 1.807) is 6.07 Å². The number of rotatable bonds is 6. The Morgan fingerprint density at radius 1 is 1.17 bits per heavy atom. The van der Waals surface area contributed by atoms with E-state index in [4.69, 9.17) is 5.73 Å². The third-order valence-electron chi connectivity index (χ3n) is 3.09. The molecule has 0 aromatic heterocycles. The van der Waals surface area contributed by atoms with E-state index in [2.05, 4.69) is 32.6 Å². The van der Waals surface area contributed by atoms with Crippen molar-refractivity contribution >= 4 is 0 Å². The highest BCUT2D eigenvalue weighted by Crippen LogP contribution is 2.16. The number of halogens is 1. The van der Waals surface area contributed by atoms with Crippen molar-refractivity contribution in [2.24, 2.45) is 11.7 Å². The van der Waals surface area contributed by atoms with Crippen LogP contribution in [0.5, 0.6) is 0 Å². The van der Waals surface area contributed by atoms with Crippen molar-refractivity contribution in [2.75, 3.05) is 6.54 Å². The Morgan fingerprint density at radius 3 is 2.33 bits per heavy atom. The monoisotopic (exact) mass is 252 g/mol. The lowest BCUT2D eigenvalue weighted by molar-refractivity contribution is 0.188. The number of nitrogens with zero attached hydrogens (tertiary/aromatic N) is 1. The molecule has 0 saturated heterocycles. The quantitative estimate of drug-likeness (QED) is 0.842. The molecule has 18 heavy (non-hydrogen) atoms. The molecule has 0 atom stereocenters. The molecule has 3 heteroatoms. The molecule has 0 aliphatic rings. The molecule has 0 heterocycles. The Balaban J connectivity index is 2.86. The van der Waals surface area contributed by atoms with E-state index in [-0.39, 0.29) is 5.82 Å². The Bertz CT molecular complexity index is 375. The Labute approximate surface area is 110 Å². The molecule has 0 radical (unpaired) electrons. The summed E-state index contributed by atoms with van der Waals surface area (Å²) in [6.45, 7) is 11.1. The van der Waals surface area contributed by atoms with Crippen molar-refractivity contribution < 1.29 is 4.39 Å². The third kappa shape index (κ3) is 4.39. The van der Waals surface area contributed by atoms with Crippen LogP contribution in [-0.4, -0.2) is 17.5 Å². The summed E-state index contributed by atoms with van der Waals surface area (Å²) in [6.07, 6.45) is 0. The fraction of sp³-hybridized carbons (Fsp3) is 0.600. The van der Waals surface area contributed by atoms with Crippen LogP contribution in [0.2, 0.25) is 0 Å². The number of nitrogens with two attached hydrogens (primary N) is 1. The van der Waals surface area contributed by atoms with Gasteiger partial charge in [0.2, 0.25) is 0 Å². The standard InChI is InChI=1S/C15H25FN2/c1-11(2)9-18(12(3)4)10-13-5-6-15(16)7-14(13)8-17/h5-7,11-12H,8-10,17H2,1-4H3. The number of hydrogen-bond acceptors (Lipinski definition) is 2. The highest BCUT2D eigenvalue weighted by atomic mass is 19.1. The summed E-state index contributed by atoms with van der Waals surface area (Å²) in [7, 11) is 0. The van der Waals surface area contributed by atoms with Crippen LogP contribution < -0.4 is 5.73 Å². The smallest absolute Gasteiger partial charge is 0.123 e. The lowest BCUT2D eigenvalue weighted by atomic mass is 10.1. The fourth-order valence-corrected chi connectivity index (χ4v) is 2.08. The molecule has 2 nitrogen and oxygen atoms in total. The van der Waals surface area contributed by atoms with Gasteiger partial charge in [0.1, 0.15) is 5.82 Å². The van der Waals surface area contributed by atoms with Gasteiger partial charge < -0.3 is 5.73 Å². The van der Waals surface area contributed by atoms with E-state index < -0.39 is 0 Å². The fourth-order valence-electron chi connectivity index (χ4n) is 2.08. The molecular formula is C15H25FN2. The van der Waals surface area contributed by atoms with E-state index in [1.807, 2.05) is 6.07 Å². The molecule has 0 bridgehead atoms. The first-order valence-corrected chi connectivity index (χ1v) is 6.65. The highest BCUT2D eigenvalue weighted by Gasteiger charge is 2.13. The van der Waals surface area contributed by atoms with Gasteiger partial charge in [0, 0.05) is 25.7 Å². The van der Waals surface area contributed by atoms with Gasteiger partial charge in [-0.05, 0) is 43.0 Å². The van der Waals surface area contributed by atoms with Crippen LogP contribution in [0.4, 0.5) is 4.39 Å². The van der Waals surface area contributed by atoms with Gasteiger partial charge in [-0.2, -0.15) is 0 Å². The van der Waals surface area contributed by atoms with Crippen LogP contribution in [0, 0.1) is 11.7 Å². The second-order valence-electron chi connectivity index (χ2n) is 5.53. The molecule has 1 aromatic carbocycles. The molecule has 0 aliphatic carbocycles. The Hall–Kier alpha value is -0.930. The maximum atomic E-state index is 13.2. The average molecular weight is 252 g/mol. The third-order valence-corrected chi connectivity index (χ3v) is 3.09. The maximum absolute atomic E-state index is 13.2. The SMILES string of the molecule is CC(C)CN(Cc1ccc(F)cc1CN)C(C)C. The van der Waals surface area contributed by atoms with Gasteiger partial charge in [0.15, 0.2) is 0 Å². The number of hydrogen-bond donors (Lipinski definition) is 1. The van der Waals surface area contributed by atoms with Crippen molar-refractivity contribution in [3.8, 4) is 0 Å². The first-order chi connectivity index (χ1) is 8.43. The van der Waals surface area contributed by atoms with Gasteiger partial charge in [-0.15, -0.1) is 0 Å². The highest BCUT2D eigenvalue weighted by molar-refractivity contribution is 5.27. The van der Waals surface area contributed by atoms with Crippen molar-refractivity contribution in [3.05, 3.63) is 35.1 Å². The first kappa shape index (κ1) is 15.1. The minimum Gasteiger partial charge on any atom is -0.326 e. The van der Waals surface area contributed by atoms with Crippen molar-refractivity contribution in [2.45, 2.75) is 46.8 Å². The van der Waals surface area contributed by atoms with Crippen LogP contribution in [0.15, 0.2) is 18.2 Å². The van der Waals surface area contributed by atoms with Gasteiger partial charge in [-0.1, -0.05) is 19.9 Å². The maximum Gasteiger partial charge on any atom is 0.123 e. The van der Waals surface area contributed by atoms with E-state index in [0.717, 1.165) is 24.2 Å². The van der Waals surface area contributed by atoms with Crippen molar-refractivity contribution in [3.63, 3.8) is 0 Å². The average Bonchev–Trinajstić information content (AvgIpc) is 2.29. The molecular weight excluding hydrogens is 227 g/mol. The molecule has 2 N–H and O–H groups in total. The van der Waals surface area contributed by atoms with E-state index in [0.29, 0.717) is 18.5 Å². The van der Waals surface area contributed by atoms with Gasteiger partial charge in [0.05, 0.1) is 0 Å². The van der Waals surface area contributed by atoms with E-state index >= 15 is 0 Å². The minimum atomic E-state index is -0.209. The van der Waals surface area contributed by atoms with Crippen LogP contribution in [-0.2, 0) is 13.1 Å². The van der Waals surface area contributed by atoms with Gasteiger partial charge >= 0.3 is 0 Å². The summed E-state index contributed by atoms with van der Waals surface area (Å²) < 4.78 is 13.2. The first-order valence-electron chi connectivity index (χ1n) is 6.65. The lowest BCUT2D eigenvalue weighted by Crippen LogP contribution is -2.34. The zero-order chi connectivity index (χ0) is 13.7. The molecule has 0 spiro atoms. The minimum absolute atomic E-state index is 0.209. The van der Waals surface area contributed by atoms with Crippen LogP contribution in [0.1, 0.15) is 38.8 Å². The summed E-state index contributed by atoms with van der Waals surface area (Å²) in [5.74, 6) is 0.410. The van der Waals surface area contributed by atoms with Crippen LogP contribution in [0.25, 0.3) is 0 Å². The van der Waals surface area contributed by atoms with Gasteiger partial charge in [-0.3, -0.25) is 4.90 Å². The summed E-state index contributed by atoms with van der Waals surface area (Å²) in [5, 5.41) is 0. The van der Waals surface area contributed by atoms with E-state index in [9.17, 15) is 4.39 Å². The van der Waals surface area contributed by atoms with E-state index in [1.165, 1.54) is 6.07 Å². The second-order valence-corrected chi connectivity index (χ2v) is 5.53. The molecule has 102 valence electrons. The summed E-state index contributed by atoms with van der Waals surface area (Å²) in [5.41, 5.74) is 7.73. The molecule has 1 aromatic rings. The van der Waals surface area contributed by atoms with Gasteiger partial charge in [-0.25, -0.2) is 4.39 Å². The van der Waals surface area contributed by atoms with Gasteiger partial charge in [0.25, 0.3) is 0 Å². The molecule has 0 amide bonds. The largest absolute Gasteiger partial charge is 0.326 e.